The van der Waals surface area contributed by atoms with E-state index in [-0.39, 0.29) is 0 Å². The molecule has 2 aromatic rings. The molecule has 19 heavy (non-hydrogen) atoms. The number of rotatable bonds is 5. The summed E-state index contributed by atoms with van der Waals surface area (Å²) >= 11 is 7.57. The van der Waals surface area contributed by atoms with Crippen LogP contribution in [-0.2, 0) is 13.1 Å². The lowest BCUT2D eigenvalue weighted by Gasteiger charge is -2.25. The van der Waals surface area contributed by atoms with Crippen LogP contribution >= 0.6 is 22.9 Å². The van der Waals surface area contributed by atoms with Gasteiger partial charge in [-0.25, -0.2) is 4.98 Å². The summed E-state index contributed by atoms with van der Waals surface area (Å²) < 4.78 is 0. The topological polar surface area (TPSA) is 42.2 Å². The van der Waals surface area contributed by atoms with Gasteiger partial charge in [0.05, 0.1) is 0 Å². The number of nitrogens with zero attached hydrogens (tertiary/aromatic N) is 2. The molecular weight excluding hydrogens is 278 g/mol. The smallest absolute Gasteiger partial charge is 0.180 e. The van der Waals surface area contributed by atoms with E-state index in [1.54, 1.807) is 11.3 Å². The van der Waals surface area contributed by atoms with Gasteiger partial charge < -0.3 is 5.73 Å². The first-order chi connectivity index (χ1) is 9.04. The Kier molecular flexibility index (Phi) is 4.80. The molecule has 0 atom stereocenters. The molecule has 0 aliphatic heterocycles. The summed E-state index contributed by atoms with van der Waals surface area (Å²) in [5.74, 6) is 0. The second kappa shape index (κ2) is 6.37. The van der Waals surface area contributed by atoms with Crippen LogP contribution in [0.1, 0.15) is 24.3 Å². The summed E-state index contributed by atoms with van der Waals surface area (Å²) in [7, 11) is 0. The summed E-state index contributed by atoms with van der Waals surface area (Å²) in [6, 6.07) is 8.44. The van der Waals surface area contributed by atoms with Crippen LogP contribution in [0.4, 0.5) is 5.13 Å². The average molecular weight is 296 g/mol. The van der Waals surface area contributed by atoms with Gasteiger partial charge in [0.25, 0.3) is 0 Å². The zero-order valence-electron chi connectivity index (χ0n) is 11.1. The van der Waals surface area contributed by atoms with Crippen LogP contribution in [0.2, 0.25) is 5.02 Å². The molecule has 0 aliphatic carbocycles. The van der Waals surface area contributed by atoms with Crippen molar-refractivity contribution in [2.45, 2.75) is 33.0 Å². The first-order valence-corrected chi connectivity index (χ1v) is 7.42. The predicted molar refractivity (Wildman–Crippen MR) is 82.4 cm³/mol. The van der Waals surface area contributed by atoms with E-state index >= 15 is 0 Å². The number of aromatic nitrogens is 1. The number of hydrogen-bond acceptors (Lipinski definition) is 4. The highest BCUT2D eigenvalue weighted by Crippen LogP contribution is 2.20. The standard InChI is InChI=1S/C14H18ClN3S/c1-10(2)18(9-13-7-17-14(16)19-13)8-11-4-3-5-12(15)6-11/h3-7,10H,8-9H2,1-2H3,(H2,16,17). The molecule has 0 radical (unpaired) electrons. The fourth-order valence-corrected chi connectivity index (χ4v) is 2.81. The third-order valence-corrected chi connectivity index (χ3v) is 3.98. The summed E-state index contributed by atoms with van der Waals surface area (Å²) in [5.41, 5.74) is 6.90. The van der Waals surface area contributed by atoms with E-state index in [1.807, 2.05) is 24.4 Å². The van der Waals surface area contributed by atoms with Gasteiger partial charge in [0.2, 0.25) is 0 Å². The Hall–Kier alpha value is -1.10. The fraction of sp³-hybridized carbons (Fsp3) is 0.357. The Balaban J connectivity index is 2.08. The molecule has 0 bridgehead atoms. The molecule has 0 aliphatic rings. The molecule has 0 saturated heterocycles. The van der Waals surface area contributed by atoms with Crippen LogP contribution in [0.3, 0.4) is 0 Å². The first kappa shape index (κ1) is 14.3. The summed E-state index contributed by atoms with van der Waals surface area (Å²) in [4.78, 5) is 7.66. The number of nitrogen functional groups attached to an aromatic ring is 1. The lowest BCUT2D eigenvalue weighted by molar-refractivity contribution is 0.205. The van der Waals surface area contributed by atoms with E-state index in [9.17, 15) is 0 Å². The molecule has 1 heterocycles. The lowest BCUT2D eigenvalue weighted by Crippen LogP contribution is -2.29. The van der Waals surface area contributed by atoms with Gasteiger partial charge in [0, 0.05) is 35.2 Å². The van der Waals surface area contributed by atoms with Crippen molar-refractivity contribution in [3.8, 4) is 0 Å². The zero-order chi connectivity index (χ0) is 13.8. The third-order valence-electron chi connectivity index (χ3n) is 2.94. The maximum atomic E-state index is 6.03. The largest absolute Gasteiger partial charge is 0.375 e. The summed E-state index contributed by atoms with van der Waals surface area (Å²) in [6.07, 6.45) is 1.85. The average Bonchev–Trinajstić information content (AvgIpc) is 2.74. The van der Waals surface area contributed by atoms with Crippen LogP contribution in [0.15, 0.2) is 30.5 Å². The normalized spacial score (nSPS) is 11.4. The molecule has 2 N–H and O–H groups in total. The number of halogens is 1. The molecule has 0 unspecified atom stereocenters. The van der Waals surface area contributed by atoms with Crippen LogP contribution in [0.25, 0.3) is 0 Å². The molecule has 0 spiro atoms. The molecule has 2 rings (SSSR count). The van der Waals surface area contributed by atoms with Gasteiger partial charge in [-0.2, -0.15) is 0 Å². The van der Waals surface area contributed by atoms with Gasteiger partial charge >= 0.3 is 0 Å². The van der Waals surface area contributed by atoms with E-state index in [0.29, 0.717) is 11.2 Å². The minimum atomic E-state index is 0.447. The van der Waals surface area contributed by atoms with Gasteiger partial charge in [-0.3, -0.25) is 4.90 Å². The number of nitrogens with two attached hydrogens (primary N) is 1. The van der Waals surface area contributed by atoms with Gasteiger partial charge in [0.15, 0.2) is 5.13 Å². The molecular formula is C14H18ClN3S. The van der Waals surface area contributed by atoms with Crippen LogP contribution < -0.4 is 5.73 Å². The second-order valence-electron chi connectivity index (χ2n) is 4.79. The molecule has 3 nitrogen and oxygen atoms in total. The molecule has 1 aromatic heterocycles. The maximum Gasteiger partial charge on any atom is 0.180 e. The highest BCUT2D eigenvalue weighted by Gasteiger charge is 2.12. The van der Waals surface area contributed by atoms with Crippen molar-refractivity contribution >= 4 is 28.1 Å². The molecule has 0 amide bonds. The van der Waals surface area contributed by atoms with E-state index in [4.69, 9.17) is 17.3 Å². The van der Waals surface area contributed by atoms with Crippen molar-refractivity contribution < 1.29 is 0 Å². The van der Waals surface area contributed by atoms with Gasteiger partial charge in [-0.05, 0) is 31.5 Å². The van der Waals surface area contributed by atoms with Crippen molar-refractivity contribution in [2.24, 2.45) is 0 Å². The Morgan fingerprint density at radius 2 is 2.16 bits per heavy atom. The van der Waals surface area contributed by atoms with Crippen molar-refractivity contribution in [3.63, 3.8) is 0 Å². The molecule has 0 fully saturated rings. The predicted octanol–water partition coefficient (Wildman–Crippen LogP) is 3.79. The summed E-state index contributed by atoms with van der Waals surface area (Å²) in [5, 5.41) is 1.41. The molecule has 0 saturated carbocycles. The van der Waals surface area contributed by atoms with Crippen molar-refractivity contribution in [2.75, 3.05) is 5.73 Å². The minimum Gasteiger partial charge on any atom is -0.375 e. The van der Waals surface area contributed by atoms with Gasteiger partial charge in [-0.1, -0.05) is 23.7 Å². The Morgan fingerprint density at radius 1 is 1.37 bits per heavy atom. The number of thiazole rings is 1. The molecule has 1 aromatic carbocycles. The first-order valence-electron chi connectivity index (χ1n) is 6.23. The second-order valence-corrected chi connectivity index (χ2v) is 6.38. The third kappa shape index (κ3) is 4.20. The highest BCUT2D eigenvalue weighted by molar-refractivity contribution is 7.15. The van der Waals surface area contributed by atoms with Gasteiger partial charge in [-0.15, -0.1) is 11.3 Å². The highest BCUT2D eigenvalue weighted by atomic mass is 35.5. The Labute approximate surface area is 123 Å². The quantitative estimate of drug-likeness (QED) is 0.912. The minimum absolute atomic E-state index is 0.447. The summed E-state index contributed by atoms with van der Waals surface area (Å²) in [6.45, 7) is 6.11. The van der Waals surface area contributed by atoms with Crippen molar-refractivity contribution in [3.05, 3.63) is 45.9 Å². The lowest BCUT2D eigenvalue weighted by atomic mass is 10.2. The maximum absolute atomic E-state index is 6.03. The monoisotopic (exact) mass is 295 g/mol. The van der Waals surface area contributed by atoms with Crippen LogP contribution in [-0.4, -0.2) is 15.9 Å². The number of hydrogen-bond donors (Lipinski definition) is 1. The van der Waals surface area contributed by atoms with Crippen molar-refractivity contribution in [1.82, 2.24) is 9.88 Å². The SMILES string of the molecule is CC(C)N(Cc1cccc(Cl)c1)Cc1cnc(N)s1. The molecule has 5 heteroatoms. The van der Waals surface area contributed by atoms with Crippen LogP contribution in [0, 0.1) is 0 Å². The van der Waals surface area contributed by atoms with Gasteiger partial charge in [0.1, 0.15) is 0 Å². The Bertz CT molecular complexity index is 539. The molecule has 102 valence electrons. The van der Waals surface area contributed by atoms with E-state index in [2.05, 4.69) is 29.8 Å². The Morgan fingerprint density at radius 3 is 2.74 bits per heavy atom. The van der Waals surface area contributed by atoms with Crippen LogP contribution in [0.5, 0.6) is 0 Å². The van der Waals surface area contributed by atoms with Crippen molar-refractivity contribution in [1.29, 1.82) is 0 Å². The van der Waals surface area contributed by atoms with E-state index in [1.165, 1.54) is 10.4 Å². The van der Waals surface area contributed by atoms with E-state index in [0.717, 1.165) is 18.1 Å². The number of benzene rings is 1. The number of anilines is 1. The fourth-order valence-electron chi connectivity index (χ4n) is 1.89. The zero-order valence-corrected chi connectivity index (χ0v) is 12.7. The van der Waals surface area contributed by atoms with E-state index < -0.39 is 0 Å².